The third-order valence-corrected chi connectivity index (χ3v) is 2.96. The molecule has 0 spiro atoms. The fourth-order valence-electron chi connectivity index (χ4n) is 2.01. The summed E-state index contributed by atoms with van der Waals surface area (Å²) in [5.41, 5.74) is 1.26. The monoisotopic (exact) mass is 202 g/mol. The van der Waals surface area contributed by atoms with Crippen LogP contribution in [-0.2, 0) is 0 Å². The first-order valence-corrected chi connectivity index (χ1v) is 5.67. The maximum Gasteiger partial charge on any atom is 0.0515 e. The van der Waals surface area contributed by atoms with Gasteiger partial charge in [-0.1, -0.05) is 42.5 Å². The molecular weight excluding hydrogens is 184 g/mol. The molecule has 3 atom stereocenters. The van der Waals surface area contributed by atoms with Crippen LogP contribution in [0.25, 0.3) is 6.08 Å². The second-order valence-electron chi connectivity index (χ2n) is 4.51. The van der Waals surface area contributed by atoms with Crippen LogP contribution in [0.2, 0.25) is 0 Å². The second kappa shape index (κ2) is 4.63. The van der Waals surface area contributed by atoms with Crippen LogP contribution in [-0.4, -0.2) is 11.2 Å². The number of aliphatic hydroxyl groups is 1. The van der Waals surface area contributed by atoms with Gasteiger partial charge in [-0.25, -0.2) is 0 Å². The topological polar surface area (TPSA) is 20.2 Å². The minimum Gasteiger partial charge on any atom is -0.393 e. The summed E-state index contributed by atoms with van der Waals surface area (Å²) in [6.07, 6.45) is 6.51. The van der Waals surface area contributed by atoms with Gasteiger partial charge in [0.15, 0.2) is 0 Å². The molecule has 1 fully saturated rings. The third kappa shape index (κ3) is 3.21. The molecule has 0 bridgehead atoms. The zero-order chi connectivity index (χ0) is 10.7. The predicted octanol–water partition coefficient (Wildman–Crippen LogP) is 3.11. The number of benzene rings is 1. The van der Waals surface area contributed by atoms with E-state index in [1.165, 1.54) is 12.0 Å². The third-order valence-electron chi connectivity index (χ3n) is 2.96. The summed E-state index contributed by atoms with van der Waals surface area (Å²) in [5.74, 6) is 1.41. The highest BCUT2D eigenvalue weighted by Crippen LogP contribution is 2.43. The number of hydrogen-bond acceptors (Lipinski definition) is 1. The summed E-state index contributed by atoms with van der Waals surface area (Å²) in [7, 11) is 0. The largest absolute Gasteiger partial charge is 0.393 e. The molecule has 0 aromatic heterocycles. The van der Waals surface area contributed by atoms with Gasteiger partial charge in [-0.05, 0) is 37.2 Å². The van der Waals surface area contributed by atoms with Crippen LogP contribution >= 0.6 is 0 Å². The van der Waals surface area contributed by atoms with Gasteiger partial charge in [0.2, 0.25) is 0 Å². The van der Waals surface area contributed by atoms with Gasteiger partial charge in [0.05, 0.1) is 6.10 Å². The molecule has 0 amide bonds. The van der Waals surface area contributed by atoms with Crippen LogP contribution < -0.4 is 0 Å². The number of allylic oxidation sites excluding steroid dienone is 1. The Labute approximate surface area is 91.4 Å². The normalized spacial score (nSPS) is 26.8. The Morgan fingerprint density at radius 2 is 2.13 bits per heavy atom. The molecule has 0 unspecified atom stereocenters. The van der Waals surface area contributed by atoms with Crippen LogP contribution in [0.5, 0.6) is 0 Å². The zero-order valence-corrected chi connectivity index (χ0v) is 9.13. The smallest absolute Gasteiger partial charge is 0.0515 e. The van der Waals surface area contributed by atoms with Gasteiger partial charge in [0, 0.05) is 0 Å². The lowest BCUT2D eigenvalue weighted by molar-refractivity contribution is 0.176. The minimum atomic E-state index is -0.148. The lowest BCUT2D eigenvalue weighted by Crippen LogP contribution is -2.00. The van der Waals surface area contributed by atoms with E-state index in [4.69, 9.17) is 0 Å². The van der Waals surface area contributed by atoms with Gasteiger partial charge in [0.25, 0.3) is 0 Å². The maximum absolute atomic E-state index is 9.24. The van der Waals surface area contributed by atoms with Gasteiger partial charge < -0.3 is 5.11 Å². The maximum atomic E-state index is 9.24. The summed E-state index contributed by atoms with van der Waals surface area (Å²) in [4.78, 5) is 0. The fraction of sp³-hybridized carbons (Fsp3) is 0.429. The molecule has 2 rings (SSSR count). The Morgan fingerprint density at radius 1 is 1.40 bits per heavy atom. The van der Waals surface area contributed by atoms with Gasteiger partial charge in [0.1, 0.15) is 0 Å². The molecule has 1 nitrogen and oxygen atoms in total. The summed E-state index contributed by atoms with van der Waals surface area (Å²) in [6, 6.07) is 10.4. The van der Waals surface area contributed by atoms with Crippen molar-refractivity contribution in [1.82, 2.24) is 0 Å². The van der Waals surface area contributed by atoms with Crippen LogP contribution in [0, 0.1) is 11.8 Å². The number of hydrogen-bond donors (Lipinski definition) is 1. The van der Waals surface area contributed by atoms with Crippen molar-refractivity contribution >= 4 is 6.08 Å². The van der Waals surface area contributed by atoms with E-state index in [1.807, 2.05) is 13.0 Å². The molecule has 0 saturated heterocycles. The second-order valence-corrected chi connectivity index (χ2v) is 4.51. The first kappa shape index (κ1) is 10.4. The molecular formula is C14H18O. The molecule has 1 heteroatoms. The molecule has 1 saturated carbocycles. The van der Waals surface area contributed by atoms with E-state index in [1.54, 1.807) is 0 Å². The summed E-state index contributed by atoms with van der Waals surface area (Å²) in [5, 5.41) is 9.24. The quantitative estimate of drug-likeness (QED) is 0.795. The van der Waals surface area contributed by atoms with E-state index >= 15 is 0 Å². The molecule has 1 aliphatic carbocycles. The fourth-order valence-corrected chi connectivity index (χ4v) is 2.01. The molecule has 1 aromatic rings. The van der Waals surface area contributed by atoms with Crippen molar-refractivity contribution in [2.24, 2.45) is 11.8 Å². The SMILES string of the molecule is C[C@@H](O)C[C@@H]1C[C@@H]1/C=C/c1ccccc1. The molecule has 1 aromatic carbocycles. The van der Waals surface area contributed by atoms with Crippen LogP contribution in [0.1, 0.15) is 25.3 Å². The Bertz CT molecular complexity index is 326. The molecule has 80 valence electrons. The average molecular weight is 202 g/mol. The average Bonchev–Trinajstić information content (AvgIpc) is 2.94. The molecule has 0 radical (unpaired) electrons. The first-order valence-electron chi connectivity index (χ1n) is 5.67. The van der Waals surface area contributed by atoms with E-state index in [9.17, 15) is 5.11 Å². The van der Waals surface area contributed by atoms with Gasteiger partial charge >= 0.3 is 0 Å². The van der Waals surface area contributed by atoms with Crippen LogP contribution in [0.4, 0.5) is 0 Å². The minimum absolute atomic E-state index is 0.148. The van der Waals surface area contributed by atoms with Crippen molar-refractivity contribution in [3.05, 3.63) is 42.0 Å². The molecule has 15 heavy (non-hydrogen) atoms. The Kier molecular flexibility index (Phi) is 3.22. The molecule has 0 heterocycles. The van der Waals surface area contributed by atoms with Gasteiger partial charge in [-0.15, -0.1) is 0 Å². The molecule has 1 N–H and O–H groups in total. The van der Waals surface area contributed by atoms with Crippen molar-refractivity contribution in [3.63, 3.8) is 0 Å². The Hall–Kier alpha value is -1.08. The van der Waals surface area contributed by atoms with Crippen LogP contribution in [0.15, 0.2) is 36.4 Å². The number of rotatable bonds is 4. The van der Waals surface area contributed by atoms with Crippen molar-refractivity contribution < 1.29 is 5.11 Å². The van der Waals surface area contributed by atoms with Crippen LogP contribution in [0.3, 0.4) is 0 Å². The van der Waals surface area contributed by atoms with Gasteiger partial charge in [-0.2, -0.15) is 0 Å². The number of aliphatic hydroxyl groups excluding tert-OH is 1. The lowest BCUT2D eigenvalue weighted by Gasteiger charge is -2.00. The molecule has 0 aliphatic heterocycles. The van der Waals surface area contributed by atoms with E-state index in [-0.39, 0.29) is 6.10 Å². The van der Waals surface area contributed by atoms with Gasteiger partial charge in [-0.3, -0.25) is 0 Å². The highest BCUT2D eigenvalue weighted by Gasteiger charge is 2.34. The highest BCUT2D eigenvalue weighted by atomic mass is 16.3. The Morgan fingerprint density at radius 3 is 2.80 bits per heavy atom. The zero-order valence-electron chi connectivity index (χ0n) is 9.13. The highest BCUT2D eigenvalue weighted by molar-refractivity contribution is 5.49. The van der Waals surface area contributed by atoms with Crippen molar-refractivity contribution in [2.45, 2.75) is 25.9 Å². The van der Waals surface area contributed by atoms with E-state index in [0.717, 1.165) is 6.42 Å². The summed E-state index contributed by atoms with van der Waals surface area (Å²) >= 11 is 0. The summed E-state index contributed by atoms with van der Waals surface area (Å²) in [6.45, 7) is 1.87. The van der Waals surface area contributed by atoms with Crippen molar-refractivity contribution in [2.75, 3.05) is 0 Å². The summed E-state index contributed by atoms with van der Waals surface area (Å²) < 4.78 is 0. The predicted molar refractivity (Wildman–Crippen MR) is 63.4 cm³/mol. The van der Waals surface area contributed by atoms with E-state index in [0.29, 0.717) is 11.8 Å². The van der Waals surface area contributed by atoms with Crippen molar-refractivity contribution in [1.29, 1.82) is 0 Å². The van der Waals surface area contributed by atoms with E-state index < -0.39 is 0 Å². The van der Waals surface area contributed by atoms with E-state index in [2.05, 4.69) is 36.4 Å². The standard InChI is InChI=1S/C14H18O/c1-11(15)9-14-10-13(14)8-7-12-5-3-2-4-6-12/h2-8,11,13-15H,9-10H2,1H3/b8-7+/t11-,13+,14-/m1/s1. The first-order chi connectivity index (χ1) is 7.25. The van der Waals surface area contributed by atoms with Crippen molar-refractivity contribution in [3.8, 4) is 0 Å². The Balaban J connectivity index is 1.82. The lowest BCUT2D eigenvalue weighted by atomic mass is 10.1. The molecule has 1 aliphatic rings.